The summed E-state index contributed by atoms with van der Waals surface area (Å²) < 4.78 is 4.94. The van der Waals surface area contributed by atoms with Gasteiger partial charge in [0.05, 0.1) is 6.61 Å². The Labute approximate surface area is 123 Å². The minimum Gasteiger partial charge on any atom is -0.384 e. The third-order valence-electron chi connectivity index (χ3n) is 2.58. The first-order valence-electron chi connectivity index (χ1n) is 6.39. The van der Waals surface area contributed by atoms with E-state index in [-0.39, 0.29) is 32.3 Å². The molecule has 1 aromatic rings. The fourth-order valence-electron chi connectivity index (χ4n) is 1.54. The molecule has 2 amide bonds. The van der Waals surface area contributed by atoms with Crippen LogP contribution < -0.4 is 11.1 Å². The number of rotatable bonds is 6. The molecule has 0 radical (unpaired) electrons. The summed E-state index contributed by atoms with van der Waals surface area (Å²) in [6.07, 6.45) is 0. The molecule has 4 N–H and O–H groups in total. The smallest absolute Gasteiger partial charge is 0.251 e. The number of hydrogen-bond acceptors (Lipinski definition) is 4. The lowest BCUT2D eigenvalue weighted by atomic mass is 10.0. The maximum Gasteiger partial charge on any atom is 0.251 e. The summed E-state index contributed by atoms with van der Waals surface area (Å²) in [6.45, 7) is 1.96. The highest BCUT2D eigenvalue weighted by Crippen LogP contribution is 2.10. The van der Waals surface area contributed by atoms with Crippen LogP contribution >= 0.6 is 0 Å². The molecule has 0 heterocycles. The number of aryl methyl sites for hydroxylation is 1. The number of hydrogen-bond donors (Lipinski definition) is 3. The van der Waals surface area contributed by atoms with E-state index in [1.54, 1.807) is 18.2 Å². The van der Waals surface area contributed by atoms with Crippen LogP contribution in [-0.4, -0.2) is 43.3 Å². The lowest BCUT2D eigenvalue weighted by molar-refractivity contribution is -0.122. The predicted octanol–water partition coefficient (Wildman–Crippen LogP) is -0.429. The molecular formula is C15H18N2O4. The second-order valence-corrected chi connectivity index (χ2v) is 4.26. The highest BCUT2D eigenvalue weighted by molar-refractivity contribution is 5.94. The van der Waals surface area contributed by atoms with Crippen LogP contribution in [0.25, 0.3) is 0 Å². The fourth-order valence-corrected chi connectivity index (χ4v) is 1.54. The molecule has 0 aliphatic heterocycles. The van der Waals surface area contributed by atoms with Crippen molar-refractivity contribution < 1.29 is 19.4 Å². The number of ether oxygens (including phenoxy) is 1. The zero-order valence-corrected chi connectivity index (χ0v) is 11.8. The van der Waals surface area contributed by atoms with Crippen LogP contribution in [0.1, 0.15) is 21.5 Å². The molecule has 0 aliphatic carbocycles. The van der Waals surface area contributed by atoms with Crippen molar-refractivity contribution >= 4 is 11.8 Å². The van der Waals surface area contributed by atoms with Crippen molar-refractivity contribution in [3.63, 3.8) is 0 Å². The quantitative estimate of drug-likeness (QED) is 0.489. The SMILES string of the molecule is Cc1ccc(C(=O)NCCOCC(N)=O)cc1C#CCO. The van der Waals surface area contributed by atoms with E-state index in [4.69, 9.17) is 15.6 Å². The average Bonchev–Trinajstić information content (AvgIpc) is 2.45. The summed E-state index contributed by atoms with van der Waals surface area (Å²) in [5.41, 5.74) is 7.01. The van der Waals surface area contributed by atoms with Gasteiger partial charge in [-0.25, -0.2) is 0 Å². The van der Waals surface area contributed by atoms with Crippen LogP contribution in [0.2, 0.25) is 0 Å². The molecule has 0 unspecified atom stereocenters. The van der Waals surface area contributed by atoms with Gasteiger partial charge >= 0.3 is 0 Å². The van der Waals surface area contributed by atoms with Gasteiger partial charge in [-0.05, 0) is 24.6 Å². The van der Waals surface area contributed by atoms with Gasteiger partial charge in [0.2, 0.25) is 5.91 Å². The summed E-state index contributed by atoms with van der Waals surface area (Å²) in [7, 11) is 0. The molecule has 0 saturated carbocycles. The van der Waals surface area contributed by atoms with Crippen molar-refractivity contribution in [1.82, 2.24) is 5.32 Å². The fraction of sp³-hybridized carbons (Fsp3) is 0.333. The number of carbonyl (C=O) groups is 2. The van der Waals surface area contributed by atoms with Crippen LogP contribution in [0.4, 0.5) is 0 Å². The molecule has 112 valence electrons. The first-order chi connectivity index (χ1) is 10.0. The lowest BCUT2D eigenvalue weighted by Gasteiger charge is -2.07. The number of nitrogens with two attached hydrogens (primary N) is 1. The van der Waals surface area contributed by atoms with Crippen LogP contribution in [0.15, 0.2) is 18.2 Å². The summed E-state index contributed by atoms with van der Waals surface area (Å²) in [5.74, 6) is 4.53. The van der Waals surface area contributed by atoms with Gasteiger partial charge in [0.1, 0.15) is 13.2 Å². The van der Waals surface area contributed by atoms with E-state index >= 15 is 0 Å². The molecule has 0 aromatic heterocycles. The Morgan fingerprint density at radius 2 is 2.19 bits per heavy atom. The molecule has 1 aromatic carbocycles. The number of amides is 2. The van der Waals surface area contributed by atoms with Gasteiger partial charge in [0.15, 0.2) is 0 Å². The minimum atomic E-state index is -0.549. The van der Waals surface area contributed by atoms with E-state index < -0.39 is 5.91 Å². The molecule has 21 heavy (non-hydrogen) atoms. The maximum absolute atomic E-state index is 11.9. The molecular weight excluding hydrogens is 272 g/mol. The maximum atomic E-state index is 11.9. The van der Waals surface area contributed by atoms with E-state index in [1.165, 1.54) is 0 Å². The Kier molecular flexibility index (Phi) is 6.95. The molecule has 6 nitrogen and oxygen atoms in total. The molecule has 6 heteroatoms. The lowest BCUT2D eigenvalue weighted by Crippen LogP contribution is -2.28. The molecule has 1 rings (SSSR count). The Morgan fingerprint density at radius 3 is 2.86 bits per heavy atom. The highest BCUT2D eigenvalue weighted by Gasteiger charge is 2.06. The molecule has 0 saturated heterocycles. The second kappa shape index (κ2) is 8.74. The summed E-state index contributed by atoms with van der Waals surface area (Å²) >= 11 is 0. The molecule has 0 bridgehead atoms. The number of nitrogens with one attached hydrogen (secondary N) is 1. The van der Waals surface area contributed by atoms with Crippen molar-refractivity contribution in [1.29, 1.82) is 0 Å². The van der Waals surface area contributed by atoms with Crippen molar-refractivity contribution in [3.8, 4) is 11.8 Å². The zero-order valence-electron chi connectivity index (χ0n) is 11.8. The standard InChI is InChI=1S/C15H18N2O4/c1-11-4-5-13(9-12(11)3-2-7-18)15(20)17-6-8-21-10-14(16)19/h4-5,9,18H,6-8,10H2,1H3,(H2,16,19)(H,17,20). The van der Waals surface area contributed by atoms with Gasteiger partial charge in [0, 0.05) is 17.7 Å². The molecule has 0 fully saturated rings. The number of benzene rings is 1. The predicted molar refractivity (Wildman–Crippen MR) is 77.5 cm³/mol. The van der Waals surface area contributed by atoms with Crippen molar-refractivity contribution in [3.05, 3.63) is 34.9 Å². The van der Waals surface area contributed by atoms with E-state index in [9.17, 15) is 9.59 Å². The summed E-state index contributed by atoms with van der Waals surface area (Å²) in [5, 5.41) is 11.4. The Hall–Kier alpha value is -2.36. The Balaban J connectivity index is 2.56. The van der Waals surface area contributed by atoms with E-state index in [0.717, 1.165) is 5.56 Å². The molecule has 0 spiro atoms. The monoisotopic (exact) mass is 290 g/mol. The minimum absolute atomic E-state index is 0.165. The van der Waals surface area contributed by atoms with Crippen LogP contribution in [0.3, 0.4) is 0 Å². The van der Waals surface area contributed by atoms with Gasteiger partial charge in [-0.2, -0.15) is 0 Å². The Bertz CT molecular complexity index is 573. The van der Waals surface area contributed by atoms with Crippen LogP contribution in [-0.2, 0) is 9.53 Å². The van der Waals surface area contributed by atoms with Gasteiger partial charge in [0.25, 0.3) is 5.91 Å². The third kappa shape index (κ3) is 6.08. The van der Waals surface area contributed by atoms with Gasteiger partial charge in [-0.3, -0.25) is 9.59 Å². The van der Waals surface area contributed by atoms with Crippen LogP contribution in [0, 0.1) is 18.8 Å². The molecule has 0 atom stereocenters. The van der Waals surface area contributed by atoms with Gasteiger partial charge < -0.3 is 20.9 Å². The van der Waals surface area contributed by atoms with E-state index in [2.05, 4.69) is 17.2 Å². The van der Waals surface area contributed by atoms with Gasteiger partial charge in [-0.15, -0.1) is 0 Å². The summed E-state index contributed by atoms with van der Waals surface area (Å²) in [4.78, 5) is 22.4. The Morgan fingerprint density at radius 1 is 1.43 bits per heavy atom. The number of aliphatic hydroxyl groups excluding tert-OH is 1. The number of primary amides is 1. The normalized spacial score (nSPS) is 9.62. The van der Waals surface area contributed by atoms with E-state index in [0.29, 0.717) is 11.1 Å². The highest BCUT2D eigenvalue weighted by atomic mass is 16.5. The van der Waals surface area contributed by atoms with Gasteiger partial charge in [-0.1, -0.05) is 17.9 Å². The number of carbonyl (C=O) groups excluding carboxylic acids is 2. The third-order valence-corrected chi connectivity index (χ3v) is 2.58. The molecule has 0 aliphatic rings. The topological polar surface area (TPSA) is 102 Å². The second-order valence-electron chi connectivity index (χ2n) is 4.26. The van der Waals surface area contributed by atoms with Crippen molar-refractivity contribution in [2.75, 3.05) is 26.4 Å². The van der Waals surface area contributed by atoms with Crippen molar-refractivity contribution in [2.24, 2.45) is 5.73 Å². The average molecular weight is 290 g/mol. The largest absolute Gasteiger partial charge is 0.384 e. The van der Waals surface area contributed by atoms with Crippen molar-refractivity contribution in [2.45, 2.75) is 6.92 Å². The summed E-state index contributed by atoms with van der Waals surface area (Å²) in [6, 6.07) is 5.15. The van der Waals surface area contributed by atoms with E-state index in [1.807, 2.05) is 6.92 Å². The number of aliphatic hydroxyl groups is 1. The zero-order chi connectivity index (χ0) is 15.7. The first-order valence-corrected chi connectivity index (χ1v) is 6.39. The van der Waals surface area contributed by atoms with Crippen LogP contribution in [0.5, 0.6) is 0 Å². The first kappa shape index (κ1) is 16.7.